The lowest BCUT2D eigenvalue weighted by atomic mass is 10.2. The lowest BCUT2D eigenvalue weighted by Gasteiger charge is -2.08. The first-order valence-electron chi connectivity index (χ1n) is 6.07. The summed E-state index contributed by atoms with van der Waals surface area (Å²) in [7, 11) is 0. The van der Waals surface area contributed by atoms with E-state index >= 15 is 0 Å². The topological polar surface area (TPSA) is 57.1 Å². The molecule has 2 aromatic rings. The lowest BCUT2D eigenvalue weighted by Crippen LogP contribution is -2.03. The summed E-state index contributed by atoms with van der Waals surface area (Å²) in [6.45, 7) is 4.15. The Kier molecular flexibility index (Phi) is 4.68. The number of hydrogen-bond acceptors (Lipinski definition) is 5. The number of benzene rings is 1. The van der Waals surface area contributed by atoms with Crippen LogP contribution in [-0.2, 0) is 0 Å². The molecular weight excluding hydrogens is 285 g/mol. The Morgan fingerprint density at radius 1 is 1.20 bits per heavy atom. The fourth-order valence-corrected chi connectivity index (χ4v) is 1.59. The van der Waals surface area contributed by atoms with Crippen LogP contribution in [-0.4, -0.2) is 21.6 Å². The molecule has 0 radical (unpaired) electrons. The highest BCUT2D eigenvalue weighted by Gasteiger charge is 2.10. The number of ether oxygens (including phenoxy) is 2. The van der Waals surface area contributed by atoms with Gasteiger partial charge < -0.3 is 9.47 Å². The van der Waals surface area contributed by atoms with Gasteiger partial charge in [0.2, 0.25) is 5.28 Å². The van der Waals surface area contributed by atoms with Gasteiger partial charge >= 0.3 is 12.0 Å². The average Bonchev–Trinajstić information content (AvgIpc) is 2.39. The summed E-state index contributed by atoms with van der Waals surface area (Å²) < 4.78 is 23.8. The number of rotatable bonds is 5. The van der Waals surface area contributed by atoms with Crippen molar-refractivity contribution in [3.8, 4) is 17.8 Å². The molecule has 0 saturated heterocycles. The number of nitrogens with zero attached hydrogens (tertiary/aromatic N) is 3. The number of aryl methyl sites for hydroxylation is 1. The molecule has 0 unspecified atom stereocenters. The zero-order valence-corrected chi connectivity index (χ0v) is 11.8. The largest absolute Gasteiger partial charge is 0.463 e. The van der Waals surface area contributed by atoms with Gasteiger partial charge in [-0.05, 0) is 48.7 Å². The smallest absolute Gasteiger partial charge is 0.329 e. The maximum absolute atomic E-state index is 13.0. The first-order valence-corrected chi connectivity index (χ1v) is 6.44. The molecule has 0 atom stereocenters. The van der Waals surface area contributed by atoms with Crippen LogP contribution in [0.1, 0.15) is 18.9 Å². The van der Waals surface area contributed by atoms with Gasteiger partial charge in [0.15, 0.2) is 0 Å². The second kappa shape index (κ2) is 6.47. The van der Waals surface area contributed by atoms with Crippen molar-refractivity contribution in [3.05, 3.63) is 34.9 Å². The molecule has 0 amide bonds. The van der Waals surface area contributed by atoms with Gasteiger partial charge in [-0.3, -0.25) is 0 Å². The minimum atomic E-state index is -0.338. The van der Waals surface area contributed by atoms with Crippen LogP contribution in [0.5, 0.6) is 17.8 Å². The maximum atomic E-state index is 13.0. The molecule has 0 bridgehead atoms. The van der Waals surface area contributed by atoms with Gasteiger partial charge in [-0.15, -0.1) is 4.98 Å². The van der Waals surface area contributed by atoms with E-state index in [2.05, 4.69) is 15.0 Å². The highest BCUT2D eigenvalue weighted by Crippen LogP contribution is 2.24. The van der Waals surface area contributed by atoms with E-state index in [1.807, 2.05) is 6.92 Å². The quantitative estimate of drug-likeness (QED) is 0.844. The van der Waals surface area contributed by atoms with E-state index in [1.165, 1.54) is 18.2 Å². The van der Waals surface area contributed by atoms with Crippen molar-refractivity contribution in [2.24, 2.45) is 0 Å². The molecular formula is C13H13ClFN3O2. The molecule has 5 nitrogen and oxygen atoms in total. The first kappa shape index (κ1) is 14.5. The van der Waals surface area contributed by atoms with Gasteiger partial charge in [0, 0.05) is 0 Å². The van der Waals surface area contributed by atoms with Gasteiger partial charge in [0.25, 0.3) is 0 Å². The minimum Gasteiger partial charge on any atom is -0.463 e. The Morgan fingerprint density at radius 2 is 1.95 bits per heavy atom. The van der Waals surface area contributed by atoms with Gasteiger partial charge in [-0.1, -0.05) is 6.92 Å². The van der Waals surface area contributed by atoms with Crippen LogP contribution in [0.25, 0.3) is 0 Å². The molecule has 1 aromatic carbocycles. The molecule has 0 saturated carbocycles. The monoisotopic (exact) mass is 297 g/mol. The normalized spacial score (nSPS) is 10.4. The van der Waals surface area contributed by atoms with E-state index in [1.54, 1.807) is 6.92 Å². The number of aromatic nitrogens is 3. The van der Waals surface area contributed by atoms with Crippen LogP contribution < -0.4 is 9.47 Å². The number of hydrogen-bond donors (Lipinski definition) is 0. The molecule has 0 N–H and O–H groups in total. The summed E-state index contributed by atoms with van der Waals surface area (Å²) in [4.78, 5) is 11.7. The summed E-state index contributed by atoms with van der Waals surface area (Å²) in [6.07, 6.45) is 0.816. The lowest BCUT2D eigenvalue weighted by molar-refractivity contribution is 0.284. The predicted octanol–water partition coefficient (Wildman–Crippen LogP) is 3.55. The first-order chi connectivity index (χ1) is 9.58. The molecule has 0 aliphatic carbocycles. The van der Waals surface area contributed by atoms with Gasteiger partial charge in [-0.2, -0.15) is 9.97 Å². The molecule has 20 heavy (non-hydrogen) atoms. The standard InChI is InChI=1S/C13H13ClFN3O2/c1-3-6-19-12-16-11(14)17-13(18-12)20-10-5-4-9(15)7-8(10)2/h4-5,7H,3,6H2,1-2H3. The van der Waals surface area contributed by atoms with Crippen molar-refractivity contribution in [1.29, 1.82) is 0 Å². The third kappa shape index (κ3) is 3.77. The zero-order chi connectivity index (χ0) is 14.5. The summed E-state index contributed by atoms with van der Waals surface area (Å²) in [6, 6.07) is 4.24. The summed E-state index contributed by atoms with van der Waals surface area (Å²) in [5, 5.41) is -0.0270. The van der Waals surface area contributed by atoms with Crippen LogP contribution in [0, 0.1) is 12.7 Å². The second-order valence-electron chi connectivity index (χ2n) is 4.03. The minimum absolute atomic E-state index is 0.00538. The van der Waals surface area contributed by atoms with Crippen LogP contribution >= 0.6 is 11.6 Å². The molecule has 0 spiro atoms. The molecule has 1 aromatic heterocycles. The van der Waals surface area contributed by atoms with Crippen LogP contribution in [0.4, 0.5) is 4.39 Å². The van der Waals surface area contributed by atoms with Gasteiger partial charge in [0.05, 0.1) is 6.61 Å². The fourth-order valence-electron chi connectivity index (χ4n) is 1.44. The van der Waals surface area contributed by atoms with Gasteiger partial charge in [-0.25, -0.2) is 4.39 Å². The van der Waals surface area contributed by atoms with E-state index in [0.29, 0.717) is 17.9 Å². The zero-order valence-electron chi connectivity index (χ0n) is 11.1. The molecule has 2 rings (SSSR count). The Bertz CT molecular complexity index is 610. The second-order valence-corrected chi connectivity index (χ2v) is 4.37. The molecule has 0 aliphatic heterocycles. The molecule has 106 valence electrons. The average molecular weight is 298 g/mol. The maximum Gasteiger partial charge on any atom is 0.329 e. The van der Waals surface area contributed by atoms with Crippen molar-refractivity contribution >= 4 is 11.6 Å². The Balaban J connectivity index is 2.21. The highest BCUT2D eigenvalue weighted by atomic mass is 35.5. The van der Waals surface area contributed by atoms with Crippen LogP contribution in [0.15, 0.2) is 18.2 Å². The van der Waals surface area contributed by atoms with E-state index in [4.69, 9.17) is 21.1 Å². The Hall–Kier alpha value is -1.95. The van der Waals surface area contributed by atoms with Crippen molar-refractivity contribution in [1.82, 2.24) is 15.0 Å². The summed E-state index contributed by atoms with van der Waals surface area (Å²) in [5.74, 6) is 0.102. The number of halogens is 2. The Morgan fingerprint density at radius 3 is 2.65 bits per heavy atom. The predicted molar refractivity (Wildman–Crippen MR) is 71.8 cm³/mol. The third-order valence-electron chi connectivity index (χ3n) is 2.34. The fraction of sp³-hybridized carbons (Fsp3) is 0.308. The van der Waals surface area contributed by atoms with Crippen molar-refractivity contribution < 1.29 is 13.9 Å². The summed E-state index contributed by atoms with van der Waals surface area (Å²) in [5.41, 5.74) is 0.623. The van der Waals surface area contributed by atoms with Crippen molar-refractivity contribution in [3.63, 3.8) is 0 Å². The van der Waals surface area contributed by atoms with Crippen molar-refractivity contribution in [2.45, 2.75) is 20.3 Å². The SMILES string of the molecule is CCCOc1nc(Cl)nc(Oc2ccc(F)cc2C)n1. The van der Waals surface area contributed by atoms with Gasteiger partial charge in [0.1, 0.15) is 11.6 Å². The Labute approximate surface area is 120 Å². The van der Waals surface area contributed by atoms with E-state index in [-0.39, 0.29) is 23.1 Å². The van der Waals surface area contributed by atoms with E-state index < -0.39 is 0 Å². The highest BCUT2D eigenvalue weighted by molar-refractivity contribution is 6.28. The summed E-state index contributed by atoms with van der Waals surface area (Å²) >= 11 is 5.78. The van der Waals surface area contributed by atoms with Crippen LogP contribution in [0.3, 0.4) is 0 Å². The third-order valence-corrected chi connectivity index (χ3v) is 2.51. The van der Waals surface area contributed by atoms with E-state index in [9.17, 15) is 4.39 Å². The van der Waals surface area contributed by atoms with E-state index in [0.717, 1.165) is 6.42 Å². The molecule has 7 heteroatoms. The van der Waals surface area contributed by atoms with Crippen molar-refractivity contribution in [2.75, 3.05) is 6.61 Å². The molecule has 1 heterocycles. The molecule has 0 fully saturated rings. The van der Waals surface area contributed by atoms with Crippen LogP contribution in [0.2, 0.25) is 5.28 Å². The molecule has 0 aliphatic rings.